The number of hydrogen-bond acceptors (Lipinski definition) is 3. The lowest BCUT2D eigenvalue weighted by molar-refractivity contribution is -0.926. The molecule has 5 rings (SSSR count). The maximum atomic E-state index is 12.3. The predicted octanol–water partition coefficient (Wildman–Crippen LogP) is 1.13. The average Bonchev–Trinajstić information content (AvgIpc) is 2.84. The van der Waals surface area contributed by atoms with E-state index in [1.807, 2.05) is 12.1 Å². The van der Waals surface area contributed by atoms with Crippen LogP contribution in [0.25, 0.3) is 0 Å². The van der Waals surface area contributed by atoms with Gasteiger partial charge in [0, 0.05) is 24.3 Å². The second kappa shape index (κ2) is 4.44. The van der Waals surface area contributed by atoms with Crippen LogP contribution in [0, 0.1) is 5.92 Å². The topological polar surface area (TPSA) is 52.5 Å². The fraction of sp³-hybridized carbons (Fsp3) is 0.556. The SMILES string of the molecule is C[N+]1(C)CC[C@]23c4c5ccc([O-])c4O[C@H]2[C@@H](O)C=C[C@H]3[C@H]1C5.Cl. The van der Waals surface area contributed by atoms with Crippen LogP contribution in [0.4, 0.5) is 0 Å². The molecule has 0 saturated carbocycles. The smallest absolute Gasteiger partial charge is 0.139 e. The van der Waals surface area contributed by atoms with E-state index in [2.05, 4.69) is 20.2 Å². The van der Waals surface area contributed by atoms with Gasteiger partial charge in [0.25, 0.3) is 0 Å². The Bertz CT molecular complexity index is 716. The molecule has 2 bridgehead atoms. The number of likely N-dealkylation sites (tertiary alicyclic amines) is 1. The van der Waals surface area contributed by atoms with Crippen molar-refractivity contribution in [2.75, 3.05) is 20.6 Å². The summed E-state index contributed by atoms with van der Waals surface area (Å²) >= 11 is 0. The summed E-state index contributed by atoms with van der Waals surface area (Å²) in [6.45, 7) is 1.06. The zero-order valence-electron chi connectivity index (χ0n) is 13.4. The van der Waals surface area contributed by atoms with Crippen LogP contribution >= 0.6 is 12.4 Å². The maximum Gasteiger partial charge on any atom is 0.139 e. The van der Waals surface area contributed by atoms with Crippen LogP contribution in [0.1, 0.15) is 17.5 Å². The van der Waals surface area contributed by atoms with E-state index in [-0.39, 0.29) is 29.7 Å². The van der Waals surface area contributed by atoms with Gasteiger partial charge in [-0.3, -0.25) is 0 Å². The molecule has 1 spiro atoms. The van der Waals surface area contributed by atoms with Crippen molar-refractivity contribution in [3.63, 3.8) is 0 Å². The first-order valence-corrected chi connectivity index (χ1v) is 8.14. The van der Waals surface area contributed by atoms with Gasteiger partial charge in [0.05, 0.1) is 26.1 Å². The molecular weight excluding hydrogens is 314 g/mol. The fourth-order valence-electron chi connectivity index (χ4n) is 5.59. The molecule has 124 valence electrons. The van der Waals surface area contributed by atoms with Gasteiger partial charge in [-0.05, 0) is 5.56 Å². The van der Waals surface area contributed by atoms with Crippen LogP contribution in [-0.2, 0) is 11.8 Å². The molecule has 23 heavy (non-hydrogen) atoms. The Labute approximate surface area is 142 Å². The van der Waals surface area contributed by atoms with Crippen LogP contribution < -0.4 is 9.84 Å². The van der Waals surface area contributed by atoms with Gasteiger partial charge in [0.15, 0.2) is 0 Å². The first-order valence-electron chi connectivity index (χ1n) is 8.14. The van der Waals surface area contributed by atoms with E-state index in [4.69, 9.17) is 4.74 Å². The van der Waals surface area contributed by atoms with Crippen LogP contribution in [0.5, 0.6) is 11.5 Å². The number of likely N-dealkylation sites (N-methyl/N-ethyl adjacent to an activating group) is 1. The van der Waals surface area contributed by atoms with Gasteiger partial charge in [-0.1, -0.05) is 30.0 Å². The Morgan fingerprint density at radius 3 is 2.87 bits per heavy atom. The molecule has 4 aliphatic rings. The third-order valence-electron chi connectivity index (χ3n) is 6.69. The Kier molecular flexibility index (Phi) is 2.95. The molecule has 1 aromatic rings. The van der Waals surface area contributed by atoms with Crippen molar-refractivity contribution in [3.8, 4) is 11.5 Å². The van der Waals surface area contributed by atoms with Crippen LogP contribution in [0.2, 0.25) is 0 Å². The molecule has 4 nitrogen and oxygen atoms in total. The van der Waals surface area contributed by atoms with E-state index in [1.54, 1.807) is 6.07 Å². The highest BCUT2D eigenvalue weighted by Gasteiger charge is 2.66. The Morgan fingerprint density at radius 2 is 2.09 bits per heavy atom. The molecule has 2 heterocycles. The number of rotatable bonds is 0. The number of aliphatic hydroxyl groups excluding tert-OH is 1. The molecule has 1 fully saturated rings. The van der Waals surface area contributed by atoms with E-state index < -0.39 is 6.10 Å². The zero-order chi connectivity index (χ0) is 15.3. The number of nitrogens with zero attached hydrogens (tertiary/aromatic N) is 1. The maximum absolute atomic E-state index is 12.3. The number of halogens is 1. The van der Waals surface area contributed by atoms with Crippen molar-refractivity contribution < 1.29 is 19.4 Å². The van der Waals surface area contributed by atoms with E-state index in [0.29, 0.717) is 17.7 Å². The van der Waals surface area contributed by atoms with Gasteiger partial charge >= 0.3 is 0 Å². The monoisotopic (exact) mass is 335 g/mol. The second-order valence-electron chi connectivity index (χ2n) is 7.93. The minimum atomic E-state index is -0.622. The standard InChI is InChI=1S/C18H21NO3.ClH/c1-19(2)8-7-18-11-4-6-14(21)17(18)22-16-13(20)5-3-10(15(16)18)9-12(11)19;/h3-6,11-12,14,17,21H,7-9H2,1-2H3;1H/t11-,12+,14-,17-,18-;/m0./s1. The summed E-state index contributed by atoms with van der Waals surface area (Å²) in [5.74, 6) is 0.826. The fourth-order valence-corrected chi connectivity index (χ4v) is 5.59. The summed E-state index contributed by atoms with van der Waals surface area (Å²) < 4.78 is 7.06. The molecule has 5 atom stereocenters. The van der Waals surface area contributed by atoms with Gasteiger partial charge < -0.3 is 19.4 Å². The molecule has 1 aromatic carbocycles. The Hall–Kier alpha value is -1.23. The summed E-state index contributed by atoms with van der Waals surface area (Å²) in [6, 6.07) is 4.12. The Balaban J connectivity index is 0.00000135. The van der Waals surface area contributed by atoms with Gasteiger partial charge in [-0.2, -0.15) is 0 Å². The van der Waals surface area contributed by atoms with Crippen molar-refractivity contribution in [2.24, 2.45) is 5.92 Å². The van der Waals surface area contributed by atoms with Crippen molar-refractivity contribution in [2.45, 2.75) is 36.5 Å². The van der Waals surface area contributed by atoms with E-state index in [9.17, 15) is 10.2 Å². The number of benzene rings is 1. The van der Waals surface area contributed by atoms with E-state index in [0.717, 1.165) is 29.4 Å². The molecular formula is C18H22ClNO3. The van der Waals surface area contributed by atoms with Gasteiger partial charge in [0.2, 0.25) is 0 Å². The minimum Gasteiger partial charge on any atom is -0.870 e. The molecule has 0 amide bonds. The quantitative estimate of drug-likeness (QED) is 0.571. The first kappa shape index (κ1) is 15.3. The second-order valence-corrected chi connectivity index (χ2v) is 7.93. The van der Waals surface area contributed by atoms with Crippen LogP contribution in [-0.4, -0.2) is 48.5 Å². The summed E-state index contributed by atoms with van der Waals surface area (Å²) in [4.78, 5) is 0. The molecule has 0 unspecified atom stereocenters. The molecule has 2 aliphatic carbocycles. The third-order valence-corrected chi connectivity index (χ3v) is 6.69. The van der Waals surface area contributed by atoms with Crippen molar-refractivity contribution in [1.82, 2.24) is 0 Å². The van der Waals surface area contributed by atoms with Crippen molar-refractivity contribution >= 4 is 12.4 Å². The largest absolute Gasteiger partial charge is 0.870 e. The van der Waals surface area contributed by atoms with E-state index >= 15 is 0 Å². The number of piperidine rings is 1. The normalized spacial score (nSPS) is 40.8. The lowest BCUT2D eigenvalue weighted by Gasteiger charge is -2.58. The highest BCUT2D eigenvalue weighted by molar-refractivity contribution is 5.85. The molecule has 0 radical (unpaired) electrons. The van der Waals surface area contributed by atoms with Gasteiger partial charge in [-0.15, -0.1) is 12.4 Å². The molecule has 1 N–H and O–H groups in total. The number of hydrogen-bond donors (Lipinski definition) is 1. The summed E-state index contributed by atoms with van der Waals surface area (Å²) in [7, 11) is 4.60. The third kappa shape index (κ3) is 1.59. The number of aliphatic hydroxyl groups is 1. The predicted molar refractivity (Wildman–Crippen MR) is 87.0 cm³/mol. The average molecular weight is 336 g/mol. The lowest BCUT2D eigenvalue weighted by atomic mass is 9.53. The highest BCUT2D eigenvalue weighted by atomic mass is 35.5. The number of ether oxygens (including phenoxy) is 1. The van der Waals surface area contributed by atoms with Gasteiger partial charge in [-0.25, -0.2) is 0 Å². The Morgan fingerprint density at radius 1 is 1.30 bits per heavy atom. The van der Waals surface area contributed by atoms with E-state index in [1.165, 1.54) is 5.56 Å². The molecule has 5 heteroatoms. The molecule has 0 aromatic heterocycles. The molecule has 2 aliphatic heterocycles. The summed E-state index contributed by atoms with van der Waals surface area (Å²) in [5, 5.41) is 22.8. The highest BCUT2D eigenvalue weighted by Crippen LogP contribution is 2.62. The van der Waals surface area contributed by atoms with Crippen LogP contribution in [0.15, 0.2) is 24.3 Å². The molecule has 1 saturated heterocycles. The number of quaternary nitrogens is 1. The first-order chi connectivity index (χ1) is 10.4. The van der Waals surface area contributed by atoms with Crippen molar-refractivity contribution in [1.29, 1.82) is 0 Å². The summed E-state index contributed by atoms with van der Waals surface area (Å²) in [5.41, 5.74) is 2.18. The lowest BCUT2D eigenvalue weighted by Crippen LogP contribution is -2.70. The summed E-state index contributed by atoms with van der Waals surface area (Å²) in [6.07, 6.45) is 5.12. The minimum absolute atomic E-state index is 0. The zero-order valence-corrected chi connectivity index (χ0v) is 14.2. The van der Waals surface area contributed by atoms with Gasteiger partial charge in [0.1, 0.15) is 24.0 Å². The van der Waals surface area contributed by atoms with Crippen LogP contribution in [0.3, 0.4) is 0 Å². The van der Waals surface area contributed by atoms with Crippen molar-refractivity contribution in [3.05, 3.63) is 35.4 Å².